The summed E-state index contributed by atoms with van der Waals surface area (Å²) >= 11 is 0. The molecule has 0 saturated heterocycles. The smallest absolute Gasteiger partial charge is 0.276 e. The molecule has 0 spiro atoms. The van der Waals surface area contributed by atoms with Gasteiger partial charge in [0.2, 0.25) is 5.91 Å². The minimum atomic E-state index is -0.722. The van der Waals surface area contributed by atoms with Crippen LogP contribution in [0.25, 0.3) is 0 Å². The van der Waals surface area contributed by atoms with Crippen LogP contribution in [0.4, 0.5) is 20.2 Å². The predicted octanol–water partition coefficient (Wildman–Crippen LogP) is 4.13. The van der Waals surface area contributed by atoms with Crippen molar-refractivity contribution in [2.24, 2.45) is 0 Å². The molecule has 7 nitrogen and oxygen atoms in total. The molecule has 4 N–H and O–H groups in total. The molecule has 2 aromatic carbocycles. The summed E-state index contributed by atoms with van der Waals surface area (Å²) in [4.78, 5) is 28.6. The number of anilines is 2. The second-order valence-electron chi connectivity index (χ2n) is 6.42. The van der Waals surface area contributed by atoms with E-state index in [0.29, 0.717) is 5.56 Å². The van der Waals surface area contributed by atoms with Crippen molar-refractivity contribution in [3.05, 3.63) is 58.2 Å². The van der Waals surface area contributed by atoms with Crippen LogP contribution in [0.3, 0.4) is 0 Å². The Kier molecular flexibility index (Phi) is 14.8. The maximum absolute atomic E-state index is 14.8. The molecule has 0 heterocycles. The molecule has 0 bridgehead atoms. The lowest BCUT2D eigenvalue weighted by Gasteiger charge is -2.18. The number of aliphatic hydroxyl groups is 1. The van der Waals surface area contributed by atoms with Crippen molar-refractivity contribution < 1.29 is 28.3 Å². The minimum Gasteiger partial charge on any atom is -0.394 e. The summed E-state index contributed by atoms with van der Waals surface area (Å²) < 4.78 is 29.1. The molecule has 2 amide bonds. The average Bonchev–Trinajstić information content (AvgIpc) is 2.80. The Labute approximate surface area is 196 Å². The Morgan fingerprint density at radius 2 is 1.76 bits per heavy atom. The monoisotopic (exact) mass is 485 g/mol. The van der Waals surface area contributed by atoms with Crippen molar-refractivity contribution >= 4 is 32.4 Å². The van der Waals surface area contributed by atoms with Crippen LogP contribution < -0.4 is 16.1 Å². The number of rotatable bonds is 8. The first-order chi connectivity index (χ1) is 15.7. The molecule has 0 aliphatic carbocycles. The van der Waals surface area contributed by atoms with Gasteiger partial charge in [-0.25, -0.2) is 14.3 Å². The zero-order chi connectivity index (χ0) is 25.6. The molecule has 2 aromatic rings. The van der Waals surface area contributed by atoms with Gasteiger partial charge in [0.05, 0.1) is 30.2 Å². The van der Waals surface area contributed by atoms with Gasteiger partial charge < -0.3 is 15.7 Å². The summed E-state index contributed by atoms with van der Waals surface area (Å²) in [6.07, 6.45) is 0. The number of hydrogen-bond acceptors (Lipinski definition) is 5. The number of aryl methyl sites for hydroxylation is 1. The number of carbonyl (C=O) groups excluding carboxylic acids is 2. The highest BCUT2D eigenvalue weighted by Crippen LogP contribution is 2.31. The minimum absolute atomic E-state index is 0.0119. The van der Waals surface area contributed by atoms with Gasteiger partial charge >= 0.3 is 0 Å². The van der Waals surface area contributed by atoms with Crippen LogP contribution in [0.1, 0.15) is 47.8 Å². The van der Waals surface area contributed by atoms with Gasteiger partial charge in [-0.05, 0) is 37.6 Å². The van der Waals surface area contributed by atoms with Crippen LogP contribution in [0.2, 0.25) is 0 Å². The molecule has 1 atom stereocenters. The molecule has 0 saturated carbocycles. The molecule has 0 aromatic heterocycles. The highest BCUT2D eigenvalue weighted by Gasteiger charge is 2.21. The molecule has 0 fully saturated rings. The quantitative estimate of drug-likeness (QED) is 0.256. The molecule has 33 heavy (non-hydrogen) atoms. The SMILES string of the molecule is CC.CC(=O)NCc1cc(C(=O)NOCCO)c(Nc2ccc(C)cc2F)c(C)c1F.CP. The lowest BCUT2D eigenvalue weighted by molar-refractivity contribution is -0.119. The molecular weight excluding hydrogens is 451 g/mol. The van der Waals surface area contributed by atoms with Crippen LogP contribution in [-0.2, 0) is 16.2 Å². The third-order valence-corrected chi connectivity index (χ3v) is 4.09. The Balaban J connectivity index is 0.00000242. The number of carbonyl (C=O) groups is 2. The highest BCUT2D eigenvalue weighted by molar-refractivity contribution is 7.15. The topological polar surface area (TPSA) is 99.7 Å². The van der Waals surface area contributed by atoms with Gasteiger partial charge in [0.1, 0.15) is 11.6 Å². The van der Waals surface area contributed by atoms with Crippen LogP contribution in [0.5, 0.6) is 0 Å². The van der Waals surface area contributed by atoms with Gasteiger partial charge in [0.25, 0.3) is 5.91 Å². The average molecular weight is 486 g/mol. The zero-order valence-electron chi connectivity index (χ0n) is 19.9. The number of hydrogen-bond donors (Lipinski definition) is 4. The van der Waals surface area contributed by atoms with E-state index in [0.717, 1.165) is 0 Å². The number of halogens is 2. The van der Waals surface area contributed by atoms with Gasteiger partial charge in [-0.2, -0.15) is 0 Å². The summed E-state index contributed by atoms with van der Waals surface area (Å²) in [5, 5.41) is 14.0. The predicted molar refractivity (Wildman–Crippen MR) is 131 cm³/mol. The molecule has 1 unspecified atom stereocenters. The van der Waals surface area contributed by atoms with Crippen molar-refractivity contribution in [2.75, 3.05) is 25.2 Å². The van der Waals surface area contributed by atoms with Crippen LogP contribution >= 0.6 is 9.24 Å². The number of amides is 2. The summed E-state index contributed by atoms with van der Waals surface area (Å²) in [7, 11) is 2.42. The summed E-state index contributed by atoms with van der Waals surface area (Å²) in [6, 6.07) is 5.72. The van der Waals surface area contributed by atoms with E-state index >= 15 is 0 Å². The van der Waals surface area contributed by atoms with E-state index in [1.165, 1.54) is 32.0 Å². The van der Waals surface area contributed by atoms with E-state index < -0.39 is 17.5 Å². The largest absolute Gasteiger partial charge is 0.394 e. The van der Waals surface area contributed by atoms with Crippen molar-refractivity contribution in [2.45, 2.75) is 41.2 Å². The van der Waals surface area contributed by atoms with Crippen molar-refractivity contribution in [3.63, 3.8) is 0 Å². The lowest BCUT2D eigenvalue weighted by atomic mass is 10.0. The van der Waals surface area contributed by atoms with E-state index in [1.54, 1.807) is 13.0 Å². The Morgan fingerprint density at radius 3 is 2.30 bits per heavy atom. The normalized spacial score (nSPS) is 9.64. The zero-order valence-corrected chi connectivity index (χ0v) is 21.1. The summed E-state index contributed by atoms with van der Waals surface area (Å²) in [5.74, 6) is -2.28. The Hall–Kier alpha value is -2.61. The van der Waals surface area contributed by atoms with Gasteiger partial charge in [-0.1, -0.05) is 26.6 Å². The number of nitrogens with one attached hydrogen (secondary N) is 3. The molecule has 184 valence electrons. The van der Waals surface area contributed by atoms with Crippen molar-refractivity contribution in [3.8, 4) is 0 Å². The maximum Gasteiger partial charge on any atom is 0.276 e. The third kappa shape index (κ3) is 9.42. The van der Waals surface area contributed by atoms with Gasteiger partial charge in [0, 0.05) is 24.6 Å². The summed E-state index contributed by atoms with van der Waals surface area (Å²) in [6.45, 7) is 9.80. The molecular formula is C23H34F2N3O4P. The van der Waals surface area contributed by atoms with Gasteiger partial charge in [-0.3, -0.25) is 14.4 Å². The number of benzene rings is 2. The van der Waals surface area contributed by atoms with Crippen LogP contribution in [0, 0.1) is 25.5 Å². The van der Waals surface area contributed by atoms with Crippen molar-refractivity contribution in [1.82, 2.24) is 10.8 Å². The van der Waals surface area contributed by atoms with E-state index in [1.807, 2.05) is 20.5 Å². The molecule has 10 heteroatoms. The number of aliphatic hydroxyl groups excluding tert-OH is 1. The van der Waals surface area contributed by atoms with Crippen molar-refractivity contribution in [1.29, 1.82) is 0 Å². The first-order valence-corrected chi connectivity index (χ1v) is 11.6. The van der Waals surface area contributed by atoms with E-state index in [9.17, 15) is 18.4 Å². The molecule has 0 aliphatic rings. The molecule has 0 aliphatic heterocycles. The second kappa shape index (κ2) is 16.1. The van der Waals surface area contributed by atoms with Crippen LogP contribution in [-0.4, -0.2) is 36.8 Å². The first kappa shape index (κ1) is 30.4. The fourth-order valence-electron chi connectivity index (χ4n) is 2.62. The van der Waals surface area contributed by atoms with E-state index in [2.05, 4.69) is 25.4 Å². The third-order valence-electron chi connectivity index (χ3n) is 4.09. The fraction of sp³-hybridized carbons (Fsp3) is 0.391. The second-order valence-corrected chi connectivity index (χ2v) is 6.42. The van der Waals surface area contributed by atoms with Gasteiger partial charge in [0.15, 0.2) is 0 Å². The van der Waals surface area contributed by atoms with E-state index in [-0.39, 0.29) is 53.7 Å². The van der Waals surface area contributed by atoms with Gasteiger partial charge in [-0.15, -0.1) is 9.24 Å². The Morgan fingerprint density at radius 1 is 1.12 bits per heavy atom. The standard InChI is InChI=1S/C20H23F2N3O4.C2H6.CH5P/c1-11-4-5-17(16(21)8-11)24-19-12(2)18(22)14(10-23-13(3)27)9-15(19)20(28)25-29-7-6-26;2*1-2/h4-5,8-9,24,26H,6-7,10H2,1-3H3,(H,23,27)(H,25,28);1-2H3;2H2,1H3. The molecule has 0 radical (unpaired) electrons. The maximum atomic E-state index is 14.8. The molecule has 2 rings (SSSR count). The summed E-state index contributed by atoms with van der Waals surface area (Å²) in [5.41, 5.74) is 3.12. The van der Waals surface area contributed by atoms with Crippen LogP contribution in [0.15, 0.2) is 24.3 Å². The Bertz CT molecular complexity index is 927. The first-order valence-electron chi connectivity index (χ1n) is 10.4. The van der Waals surface area contributed by atoms with E-state index in [4.69, 9.17) is 9.94 Å². The number of hydroxylamine groups is 1. The lowest BCUT2D eigenvalue weighted by Crippen LogP contribution is -2.27. The highest BCUT2D eigenvalue weighted by atomic mass is 31.0. The fourth-order valence-corrected chi connectivity index (χ4v) is 2.62.